The van der Waals surface area contributed by atoms with Gasteiger partial charge in [-0.1, -0.05) is 32.9 Å². The number of urea groups is 1. The van der Waals surface area contributed by atoms with Crippen LogP contribution in [-0.2, 0) is 25.7 Å². The van der Waals surface area contributed by atoms with Crippen LogP contribution in [0, 0.1) is 28.4 Å². The molecule has 0 aliphatic heterocycles. The number of anilines is 1. The first-order chi connectivity index (χ1) is 22.3. The van der Waals surface area contributed by atoms with E-state index >= 15 is 0 Å². The number of non-ortho nitro benzene ring substituents is 1. The van der Waals surface area contributed by atoms with Crippen molar-refractivity contribution < 1.29 is 38.4 Å². The smallest absolute Gasteiger partial charge is 0.429 e. The number of hydrogen-bond acceptors (Lipinski definition) is 9. The molecule has 5 amide bonds. The van der Waals surface area contributed by atoms with Gasteiger partial charge in [0.2, 0.25) is 18.2 Å². The molecule has 0 heterocycles. The number of terminal acetylenes is 1. The van der Waals surface area contributed by atoms with Gasteiger partial charge in [-0.05, 0) is 55.5 Å². The van der Waals surface area contributed by atoms with E-state index in [-0.39, 0.29) is 42.4 Å². The SMILES string of the molecule is C#CCCCC(=O)NC(C)C(C)C.CCCNC(N)=O.O=CNCC(=O)Nc1ccc(COC(=O)Oc2ccc([N+](=O)[O-])cc2)cc1. The standard InChI is InChI=1S/C17H15N3O7.C11H19NO.C4H10N2O/c21-11-18-9-16(22)19-13-3-1-12(2-4-13)10-26-17(23)27-15-7-5-14(6-8-15)20(24)25;1-5-6-7-8-11(13)12-10(4)9(2)3;1-2-3-6-4(5)7/h1-8,11H,9-10H2,(H,18,21)(H,19,22);1,9-10H,6-8H2,2-4H3,(H,12,13);2-3H2,1H3,(H3,5,6,7). The van der Waals surface area contributed by atoms with Crippen molar-refractivity contribution in [2.45, 2.75) is 66.0 Å². The van der Waals surface area contributed by atoms with Gasteiger partial charge in [0.25, 0.3) is 5.69 Å². The van der Waals surface area contributed by atoms with E-state index in [9.17, 15) is 34.1 Å². The summed E-state index contributed by atoms with van der Waals surface area (Å²) >= 11 is 0. The predicted molar refractivity (Wildman–Crippen MR) is 176 cm³/mol. The summed E-state index contributed by atoms with van der Waals surface area (Å²) in [6.07, 6.45) is 7.50. The highest BCUT2D eigenvalue weighted by atomic mass is 16.7. The number of amides is 5. The third kappa shape index (κ3) is 21.7. The number of carbonyl (C=O) groups is 5. The summed E-state index contributed by atoms with van der Waals surface area (Å²) in [6, 6.07) is 11.3. The minimum Gasteiger partial charge on any atom is -0.429 e. The van der Waals surface area contributed by atoms with E-state index in [0.717, 1.165) is 12.8 Å². The van der Waals surface area contributed by atoms with Crippen LogP contribution in [0.2, 0.25) is 0 Å². The van der Waals surface area contributed by atoms with Crippen LogP contribution >= 0.6 is 0 Å². The summed E-state index contributed by atoms with van der Waals surface area (Å²) in [5.41, 5.74) is 5.78. The number of carbonyl (C=O) groups excluding carboxylic acids is 5. The van der Waals surface area contributed by atoms with Crippen molar-refractivity contribution >= 4 is 41.8 Å². The Kier molecular flexibility index (Phi) is 21.7. The molecule has 256 valence electrons. The molecule has 0 aliphatic carbocycles. The van der Waals surface area contributed by atoms with Gasteiger partial charge < -0.3 is 36.5 Å². The Morgan fingerprint density at radius 3 is 2.17 bits per heavy atom. The second-order valence-electron chi connectivity index (χ2n) is 10.1. The Bertz CT molecular complexity index is 1310. The van der Waals surface area contributed by atoms with Crippen LogP contribution in [0.1, 0.15) is 58.9 Å². The number of unbranched alkanes of at least 4 members (excludes halogenated alkanes) is 1. The molecule has 1 atom stereocenters. The number of nitro groups is 1. The monoisotopic (exact) mass is 656 g/mol. The van der Waals surface area contributed by atoms with E-state index in [4.69, 9.17) is 21.6 Å². The minimum atomic E-state index is -0.957. The maximum absolute atomic E-state index is 11.6. The fraction of sp³-hybridized carbons (Fsp3) is 0.406. The summed E-state index contributed by atoms with van der Waals surface area (Å²) in [4.78, 5) is 64.3. The zero-order chi connectivity index (χ0) is 35.6. The number of nitro benzene ring substituents is 1. The molecule has 0 bridgehead atoms. The molecule has 0 aromatic heterocycles. The molecular formula is C32H44N6O9. The van der Waals surface area contributed by atoms with Gasteiger partial charge in [-0.15, -0.1) is 12.3 Å². The van der Waals surface area contributed by atoms with Gasteiger partial charge in [-0.2, -0.15) is 0 Å². The Morgan fingerprint density at radius 1 is 1.04 bits per heavy atom. The summed E-state index contributed by atoms with van der Waals surface area (Å²) in [5, 5.41) is 20.7. The maximum Gasteiger partial charge on any atom is 0.514 e. The predicted octanol–water partition coefficient (Wildman–Crippen LogP) is 4.01. The first kappa shape index (κ1) is 41.4. The zero-order valence-electron chi connectivity index (χ0n) is 27.1. The number of ether oxygens (including phenoxy) is 2. The highest BCUT2D eigenvalue weighted by Gasteiger charge is 2.11. The van der Waals surface area contributed by atoms with Gasteiger partial charge >= 0.3 is 12.2 Å². The molecule has 2 aromatic rings. The van der Waals surface area contributed by atoms with Crippen molar-refractivity contribution in [1.29, 1.82) is 0 Å². The van der Waals surface area contributed by atoms with E-state index in [1.807, 2.05) is 13.8 Å². The van der Waals surface area contributed by atoms with Crippen molar-refractivity contribution in [2.24, 2.45) is 11.7 Å². The minimum absolute atomic E-state index is 0.0628. The maximum atomic E-state index is 11.6. The largest absolute Gasteiger partial charge is 0.514 e. The first-order valence-corrected chi connectivity index (χ1v) is 14.7. The van der Waals surface area contributed by atoms with Crippen LogP contribution in [0.25, 0.3) is 0 Å². The molecule has 0 aliphatic rings. The lowest BCUT2D eigenvalue weighted by molar-refractivity contribution is -0.384. The molecule has 2 rings (SSSR count). The number of benzene rings is 2. The average Bonchev–Trinajstić information content (AvgIpc) is 3.03. The quantitative estimate of drug-likeness (QED) is 0.0355. The lowest BCUT2D eigenvalue weighted by atomic mass is 10.1. The molecule has 0 radical (unpaired) electrons. The fourth-order valence-electron chi connectivity index (χ4n) is 3.02. The molecule has 2 aromatic carbocycles. The van der Waals surface area contributed by atoms with Crippen LogP contribution in [-0.4, -0.2) is 54.5 Å². The molecule has 15 heteroatoms. The Morgan fingerprint density at radius 2 is 1.68 bits per heavy atom. The van der Waals surface area contributed by atoms with Gasteiger partial charge in [-0.3, -0.25) is 24.5 Å². The van der Waals surface area contributed by atoms with Crippen LogP contribution in [0.5, 0.6) is 5.75 Å². The summed E-state index contributed by atoms with van der Waals surface area (Å²) in [7, 11) is 0. The third-order valence-corrected chi connectivity index (χ3v) is 5.85. The summed E-state index contributed by atoms with van der Waals surface area (Å²) < 4.78 is 9.86. The van der Waals surface area contributed by atoms with E-state index in [1.54, 1.807) is 24.3 Å². The van der Waals surface area contributed by atoms with Crippen LogP contribution in [0.15, 0.2) is 48.5 Å². The van der Waals surface area contributed by atoms with Crippen LogP contribution in [0.4, 0.5) is 21.0 Å². The molecule has 0 saturated carbocycles. The van der Waals surface area contributed by atoms with Gasteiger partial charge in [0.15, 0.2) is 0 Å². The van der Waals surface area contributed by atoms with Crippen molar-refractivity contribution in [2.75, 3.05) is 18.4 Å². The Labute approximate surface area is 274 Å². The molecule has 0 spiro atoms. The number of nitrogens with one attached hydrogen (secondary N) is 4. The highest BCUT2D eigenvalue weighted by molar-refractivity contribution is 5.93. The number of rotatable bonds is 15. The molecular weight excluding hydrogens is 612 g/mol. The van der Waals surface area contributed by atoms with Crippen LogP contribution in [0.3, 0.4) is 0 Å². The molecule has 47 heavy (non-hydrogen) atoms. The Hall–Kier alpha value is -5.65. The first-order valence-electron chi connectivity index (χ1n) is 14.7. The topological polar surface area (TPSA) is 221 Å². The molecule has 0 saturated heterocycles. The summed E-state index contributed by atoms with van der Waals surface area (Å²) in [5.74, 6) is 2.85. The second-order valence-corrected chi connectivity index (χ2v) is 10.1. The summed E-state index contributed by atoms with van der Waals surface area (Å²) in [6.45, 7) is 8.64. The second kappa shape index (κ2) is 24.6. The molecule has 0 fully saturated rings. The van der Waals surface area contributed by atoms with E-state index in [1.165, 1.54) is 24.3 Å². The lowest BCUT2D eigenvalue weighted by Gasteiger charge is -2.17. The van der Waals surface area contributed by atoms with Crippen LogP contribution < -0.4 is 31.7 Å². The van der Waals surface area contributed by atoms with E-state index in [0.29, 0.717) is 43.0 Å². The third-order valence-electron chi connectivity index (χ3n) is 5.85. The van der Waals surface area contributed by atoms with Gasteiger partial charge in [0.1, 0.15) is 12.4 Å². The van der Waals surface area contributed by atoms with E-state index < -0.39 is 17.1 Å². The van der Waals surface area contributed by atoms with Crippen molar-refractivity contribution in [1.82, 2.24) is 16.0 Å². The molecule has 15 nitrogen and oxygen atoms in total. The number of hydrogen-bond donors (Lipinski definition) is 5. The highest BCUT2D eigenvalue weighted by Crippen LogP contribution is 2.18. The number of nitrogens with two attached hydrogens (primary N) is 1. The number of primary amides is 1. The van der Waals surface area contributed by atoms with Gasteiger partial charge in [0.05, 0.1) is 11.5 Å². The van der Waals surface area contributed by atoms with Gasteiger partial charge in [-0.25, -0.2) is 9.59 Å². The Balaban J connectivity index is 0.000000875. The van der Waals surface area contributed by atoms with Crippen molar-refractivity contribution in [3.8, 4) is 18.1 Å². The molecule has 6 N–H and O–H groups in total. The van der Waals surface area contributed by atoms with Crippen molar-refractivity contribution in [3.63, 3.8) is 0 Å². The fourth-order valence-corrected chi connectivity index (χ4v) is 3.02. The molecule has 1 unspecified atom stereocenters. The lowest BCUT2D eigenvalue weighted by Crippen LogP contribution is -2.35. The average molecular weight is 657 g/mol. The van der Waals surface area contributed by atoms with Gasteiger partial charge in [0, 0.05) is 43.2 Å². The van der Waals surface area contributed by atoms with Crippen molar-refractivity contribution in [3.05, 3.63) is 64.2 Å². The zero-order valence-corrected chi connectivity index (χ0v) is 27.1. The number of nitrogens with zero attached hydrogens (tertiary/aromatic N) is 1. The van der Waals surface area contributed by atoms with E-state index in [2.05, 4.69) is 41.0 Å². The normalized spacial score (nSPS) is 10.2.